The summed E-state index contributed by atoms with van der Waals surface area (Å²) in [6.07, 6.45) is 8.44. The molecule has 2 rings (SSSR count). The molecule has 1 saturated carbocycles. The Morgan fingerprint density at radius 2 is 1.94 bits per heavy atom. The van der Waals surface area contributed by atoms with Crippen molar-refractivity contribution in [1.82, 2.24) is 10.2 Å². The predicted molar refractivity (Wildman–Crippen MR) is 74.3 cm³/mol. The molecule has 0 amide bonds. The lowest BCUT2D eigenvalue weighted by Gasteiger charge is -2.32. The summed E-state index contributed by atoms with van der Waals surface area (Å²) in [5.74, 6) is 1.84. The molecular formula is C15H30N2. The fraction of sp³-hybridized carbons (Fsp3) is 1.00. The van der Waals surface area contributed by atoms with Crippen LogP contribution >= 0.6 is 0 Å². The molecule has 1 N–H and O–H groups in total. The standard InChI is InChI=1S/C15H30N2/c1-3-13(4-2)11-17(15-7-8-15)12-14-6-5-9-16-10-14/h13-16H,3-12H2,1-2H3. The van der Waals surface area contributed by atoms with E-state index in [1.54, 1.807) is 0 Å². The zero-order valence-corrected chi connectivity index (χ0v) is 11.8. The maximum absolute atomic E-state index is 3.55. The van der Waals surface area contributed by atoms with E-state index < -0.39 is 0 Å². The second-order valence-electron chi connectivity index (χ2n) is 6.08. The average Bonchev–Trinajstić information content (AvgIpc) is 3.20. The van der Waals surface area contributed by atoms with Gasteiger partial charge in [-0.3, -0.25) is 4.90 Å². The van der Waals surface area contributed by atoms with E-state index in [4.69, 9.17) is 0 Å². The van der Waals surface area contributed by atoms with Crippen LogP contribution in [0.4, 0.5) is 0 Å². The van der Waals surface area contributed by atoms with Crippen molar-refractivity contribution in [1.29, 1.82) is 0 Å². The van der Waals surface area contributed by atoms with Gasteiger partial charge in [0, 0.05) is 19.1 Å². The average molecular weight is 238 g/mol. The minimum atomic E-state index is 0.915. The Kier molecular flexibility index (Phi) is 5.30. The van der Waals surface area contributed by atoms with Crippen molar-refractivity contribution in [2.75, 3.05) is 26.2 Å². The van der Waals surface area contributed by atoms with Crippen LogP contribution in [0.15, 0.2) is 0 Å². The minimum absolute atomic E-state index is 0.915. The van der Waals surface area contributed by atoms with Gasteiger partial charge in [0.1, 0.15) is 0 Å². The first kappa shape index (κ1) is 13.4. The van der Waals surface area contributed by atoms with Crippen LogP contribution in [0.2, 0.25) is 0 Å². The van der Waals surface area contributed by atoms with Crippen LogP contribution in [0.25, 0.3) is 0 Å². The van der Waals surface area contributed by atoms with E-state index in [0.29, 0.717) is 0 Å². The third-order valence-corrected chi connectivity index (χ3v) is 4.60. The maximum atomic E-state index is 3.55. The first-order chi connectivity index (χ1) is 8.33. The Balaban J connectivity index is 1.79. The van der Waals surface area contributed by atoms with Gasteiger partial charge in [0.05, 0.1) is 0 Å². The van der Waals surface area contributed by atoms with Crippen LogP contribution in [-0.4, -0.2) is 37.1 Å². The molecule has 1 unspecified atom stereocenters. The van der Waals surface area contributed by atoms with Crippen molar-refractivity contribution in [2.45, 2.75) is 58.4 Å². The van der Waals surface area contributed by atoms with E-state index in [1.807, 2.05) is 0 Å². The van der Waals surface area contributed by atoms with E-state index in [1.165, 1.54) is 64.7 Å². The molecular weight excluding hydrogens is 208 g/mol. The van der Waals surface area contributed by atoms with E-state index in [0.717, 1.165) is 17.9 Å². The van der Waals surface area contributed by atoms with Crippen molar-refractivity contribution < 1.29 is 0 Å². The summed E-state index contributed by atoms with van der Waals surface area (Å²) in [6.45, 7) is 9.91. The highest BCUT2D eigenvalue weighted by Crippen LogP contribution is 2.30. The second kappa shape index (κ2) is 6.75. The van der Waals surface area contributed by atoms with Gasteiger partial charge in [-0.2, -0.15) is 0 Å². The normalized spacial score (nSPS) is 25.8. The van der Waals surface area contributed by atoms with E-state index in [9.17, 15) is 0 Å². The van der Waals surface area contributed by atoms with Crippen LogP contribution in [0.5, 0.6) is 0 Å². The first-order valence-corrected chi connectivity index (χ1v) is 7.78. The van der Waals surface area contributed by atoms with Gasteiger partial charge in [0.2, 0.25) is 0 Å². The van der Waals surface area contributed by atoms with Crippen LogP contribution in [0.1, 0.15) is 52.4 Å². The van der Waals surface area contributed by atoms with Crippen molar-refractivity contribution >= 4 is 0 Å². The summed E-state index contributed by atoms with van der Waals surface area (Å²) >= 11 is 0. The third-order valence-electron chi connectivity index (χ3n) is 4.60. The van der Waals surface area contributed by atoms with Crippen LogP contribution < -0.4 is 5.32 Å². The second-order valence-corrected chi connectivity index (χ2v) is 6.08. The van der Waals surface area contributed by atoms with Crippen molar-refractivity contribution in [3.8, 4) is 0 Å². The molecule has 0 aromatic heterocycles. The Morgan fingerprint density at radius 1 is 1.18 bits per heavy atom. The summed E-state index contributed by atoms with van der Waals surface area (Å²) < 4.78 is 0. The molecule has 2 aliphatic rings. The quantitative estimate of drug-likeness (QED) is 0.733. The molecule has 0 radical (unpaired) electrons. The molecule has 1 saturated heterocycles. The summed E-state index contributed by atoms with van der Waals surface area (Å²) in [5.41, 5.74) is 0. The van der Waals surface area contributed by atoms with E-state index in [-0.39, 0.29) is 0 Å². The monoisotopic (exact) mass is 238 g/mol. The molecule has 1 heterocycles. The topological polar surface area (TPSA) is 15.3 Å². The van der Waals surface area contributed by atoms with Gasteiger partial charge >= 0.3 is 0 Å². The number of hydrogen-bond donors (Lipinski definition) is 1. The van der Waals surface area contributed by atoms with Gasteiger partial charge < -0.3 is 5.32 Å². The molecule has 0 aromatic carbocycles. The van der Waals surface area contributed by atoms with Gasteiger partial charge in [-0.25, -0.2) is 0 Å². The highest BCUT2D eigenvalue weighted by atomic mass is 15.2. The number of piperidine rings is 1. The third kappa shape index (κ3) is 4.26. The van der Waals surface area contributed by atoms with Crippen LogP contribution in [0.3, 0.4) is 0 Å². The van der Waals surface area contributed by atoms with Gasteiger partial charge in [-0.05, 0) is 50.6 Å². The Bertz CT molecular complexity index is 203. The fourth-order valence-electron chi connectivity index (χ4n) is 3.10. The Morgan fingerprint density at radius 3 is 2.47 bits per heavy atom. The SMILES string of the molecule is CCC(CC)CN(CC1CCCNC1)C1CC1. The molecule has 0 bridgehead atoms. The summed E-state index contributed by atoms with van der Waals surface area (Å²) in [4.78, 5) is 2.81. The van der Waals surface area contributed by atoms with Crippen LogP contribution in [-0.2, 0) is 0 Å². The Labute approximate surface area is 107 Å². The molecule has 2 heteroatoms. The number of nitrogens with zero attached hydrogens (tertiary/aromatic N) is 1. The zero-order chi connectivity index (χ0) is 12.1. The highest BCUT2D eigenvalue weighted by molar-refractivity contribution is 4.87. The molecule has 17 heavy (non-hydrogen) atoms. The van der Waals surface area contributed by atoms with Crippen molar-refractivity contribution in [3.63, 3.8) is 0 Å². The highest BCUT2D eigenvalue weighted by Gasteiger charge is 2.31. The van der Waals surface area contributed by atoms with Crippen LogP contribution in [0, 0.1) is 11.8 Å². The van der Waals surface area contributed by atoms with Gasteiger partial charge in [0.15, 0.2) is 0 Å². The molecule has 2 fully saturated rings. The maximum Gasteiger partial charge on any atom is 0.00966 e. The fourth-order valence-corrected chi connectivity index (χ4v) is 3.10. The van der Waals surface area contributed by atoms with Gasteiger partial charge in [-0.15, -0.1) is 0 Å². The lowest BCUT2D eigenvalue weighted by Crippen LogP contribution is -2.41. The van der Waals surface area contributed by atoms with Gasteiger partial charge in [-0.1, -0.05) is 26.7 Å². The number of rotatable bonds is 7. The summed E-state index contributed by atoms with van der Waals surface area (Å²) in [7, 11) is 0. The van der Waals surface area contributed by atoms with E-state index in [2.05, 4.69) is 24.1 Å². The molecule has 1 aliphatic heterocycles. The summed E-state index contributed by atoms with van der Waals surface area (Å²) in [6, 6.07) is 0.942. The molecule has 100 valence electrons. The number of nitrogens with one attached hydrogen (secondary N) is 1. The van der Waals surface area contributed by atoms with Crippen molar-refractivity contribution in [3.05, 3.63) is 0 Å². The number of hydrogen-bond acceptors (Lipinski definition) is 2. The summed E-state index contributed by atoms with van der Waals surface area (Å²) in [5, 5.41) is 3.55. The smallest absolute Gasteiger partial charge is 0.00966 e. The van der Waals surface area contributed by atoms with E-state index >= 15 is 0 Å². The van der Waals surface area contributed by atoms with Crippen molar-refractivity contribution in [2.24, 2.45) is 11.8 Å². The lowest BCUT2D eigenvalue weighted by molar-refractivity contribution is 0.170. The molecule has 0 spiro atoms. The minimum Gasteiger partial charge on any atom is -0.316 e. The van der Waals surface area contributed by atoms with Gasteiger partial charge in [0.25, 0.3) is 0 Å². The lowest BCUT2D eigenvalue weighted by atomic mass is 9.97. The zero-order valence-electron chi connectivity index (χ0n) is 11.8. The molecule has 1 atom stereocenters. The Hall–Kier alpha value is -0.0800. The predicted octanol–water partition coefficient (Wildman–Crippen LogP) is 2.89. The first-order valence-electron chi connectivity index (χ1n) is 7.78. The molecule has 2 nitrogen and oxygen atoms in total. The molecule has 0 aromatic rings. The largest absolute Gasteiger partial charge is 0.316 e. The molecule has 1 aliphatic carbocycles.